The van der Waals surface area contributed by atoms with Crippen LogP contribution < -0.4 is 0 Å². The average Bonchev–Trinajstić information content (AvgIpc) is 2.72. The number of hydrogen-bond acceptors (Lipinski definition) is 2. The van der Waals surface area contributed by atoms with E-state index in [9.17, 15) is 4.79 Å². The van der Waals surface area contributed by atoms with E-state index in [1.54, 1.807) is 11.3 Å². The maximum Gasteiger partial charge on any atom is 0.254 e. The van der Waals surface area contributed by atoms with Crippen LogP contribution in [-0.2, 0) is 0 Å². The van der Waals surface area contributed by atoms with Crippen LogP contribution in [0.4, 0.5) is 0 Å². The Labute approximate surface area is 95.1 Å². The van der Waals surface area contributed by atoms with Crippen molar-refractivity contribution in [2.75, 3.05) is 13.1 Å². The lowest BCUT2D eigenvalue weighted by Gasteiger charge is -2.13. The Morgan fingerprint density at radius 2 is 2.15 bits per heavy atom. The number of likely N-dealkylation sites (tertiary alicyclic amines) is 1. The third kappa shape index (κ3) is 2.04. The lowest BCUT2D eigenvalue weighted by atomic mass is 10.3. The molecule has 0 radical (unpaired) electrons. The van der Waals surface area contributed by atoms with Crippen molar-refractivity contribution in [2.45, 2.75) is 12.8 Å². The van der Waals surface area contributed by atoms with Gasteiger partial charge in [-0.05, 0) is 41.5 Å². The van der Waals surface area contributed by atoms with Crippen LogP contribution in [0.2, 0.25) is 0 Å². The summed E-state index contributed by atoms with van der Waals surface area (Å²) in [7, 11) is 0. The number of hydrogen-bond donors (Lipinski definition) is 0. The number of rotatable bonds is 1. The van der Waals surface area contributed by atoms with Gasteiger partial charge in [0.05, 0.1) is 8.45 Å². The van der Waals surface area contributed by atoms with Gasteiger partial charge in [0.2, 0.25) is 0 Å². The number of carbonyl (C=O) groups is 1. The third-order valence-corrected chi connectivity index (χ3v) is 4.00. The molecule has 1 aromatic heterocycles. The summed E-state index contributed by atoms with van der Waals surface area (Å²) in [4.78, 5) is 13.7. The summed E-state index contributed by atoms with van der Waals surface area (Å²) in [6.07, 6.45) is 2.32. The summed E-state index contributed by atoms with van der Waals surface area (Å²) in [6, 6.07) is 1.96. The topological polar surface area (TPSA) is 20.3 Å². The van der Waals surface area contributed by atoms with Crippen molar-refractivity contribution in [3.8, 4) is 0 Å². The van der Waals surface area contributed by atoms with E-state index < -0.39 is 0 Å². The second kappa shape index (κ2) is 3.96. The maximum atomic E-state index is 11.8. The highest BCUT2D eigenvalue weighted by Crippen LogP contribution is 2.19. The van der Waals surface area contributed by atoms with Crippen LogP contribution >= 0.6 is 33.9 Å². The van der Waals surface area contributed by atoms with Crippen LogP contribution in [0, 0.1) is 2.88 Å². The van der Waals surface area contributed by atoms with E-state index in [0.717, 1.165) is 31.5 Å². The highest BCUT2D eigenvalue weighted by Gasteiger charge is 2.19. The summed E-state index contributed by atoms with van der Waals surface area (Å²) in [6.45, 7) is 1.87. The predicted octanol–water partition coefficient (Wildman–Crippen LogP) is 2.59. The van der Waals surface area contributed by atoms with Crippen molar-refractivity contribution >= 4 is 39.8 Å². The predicted molar refractivity (Wildman–Crippen MR) is 62.2 cm³/mol. The molecule has 0 bridgehead atoms. The molecule has 4 heteroatoms. The standard InChI is InChI=1S/C9H10INOS/c10-8-5-7(6-13-8)9(12)11-3-1-2-4-11/h5-6H,1-4H2. The highest BCUT2D eigenvalue weighted by atomic mass is 127. The van der Waals surface area contributed by atoms with Gasteiger partial charge in [-0.3, -0.25) is 4.79 Å². The van der Waals surface area contributed by atoms with Gasteiger partial charge in [-0.1, -0.05) is 0 Å². The minimum atomic E-state index is 0.205. The first-order chi connectivity index (χ1) is 6.27. The van der Waals surface area contributed by atoms with Gasteiger partial charge in [-0.2, -0.15) is 0 Å². The zero-order chi connectivity index (χ0) is 9.26. The molecule has 0 N–H and O–H groups in total. The van der Waals surface area contributed by atoms with Gasteiger partial charge in [0.15, 0.2) is 0 Å². The van der Waals surface area contributed by atoms with Crippen molar-refractivity contribution < 1.29 is 4.79 Å². The van der Waals surface area contributed by atoms with E-state index in [1.165, 1.54) is 2.88 Å². The molecule has 70 valence electrons. The quantitative estimate of drug-likeness (QED) is 0.730. The van der Waals surface area contributed by atoms with Gasteiger partial charge < -0.3 is 4.90 Å². The minimum absolute atomic E-state index is 0.205. The Morgan fingerprint density at radius 3 is 2.69 bits per heavy atom. The van der Waals surface area contributed by atoms with Crippen LogP contribution in [0.5, 0.6) is 0 Å². The first kappa shape index (κ1) is 9.45. The van der Waals surface area contributed by atoms with Crippen molar-refractivity contribution in [1.82, 2.24) is 4.90 Å². The molecule has 0 saturated carbocycles. The summed E-state index contributed by atoms with van der Waals surface area (Å²) < 4.78 is 1.18. The van der Waals surface area contributed by atoms with E-state index in [0.29, 0.717) is 0 Å². The summed E-state index contributed by atoms with van der Waals surface area (Å²) in [5.74, 6) is 0.205. The van der Waals surface area contributed by atoms with E-state index >= 15 is 0 Å². The number of halogens is 1. The SMILES string of the molecule is O=C(c1csc(I)c1)N1CCCC1. The monoisotopic (exact) mass is 307 g/mol. The van der Waals surface area contributed by atoms with Crippen LogP contribution in [0.1, 0.15) is 23.2 Å². The van der Waals surface area contributed by atoms with E-state index in [1.807, 2.05) is 16.3 Å². The molecule has 0 aromatic carbocycles. The Hall–Kier alpha value is -0.100. The van der Waals surface area contributed by atoms with Crippen LogP contribution in [0.3, 0.4) is 0 Å². The van der Waals surface area contributed by atoms with Crippen molar-refractivity contribution in [2.24, 2.45) is 0 Å². The van der Waals surface area contributed by atoms with Gasteiger partial charge in [0.25, 0.3) is 5.91 Å². The molecule has 0 atom stereocenters. The molecule has 2 nitrogen and oxygen atoms in total. The first-order valence-electron chi connectivity index (χ1n) is 4.31. The molecule has 1 aromatic rings. The van der Waals surface area contributed by atoms with E-state index in [4.69, 9.17) is 0 Å². The van der Waals surface area contributed by atoms with Gasteiger partial charge in [-0.15, -0.1) is 11.3 Å². The van der Waals surface area contributed by atoms with Crippen molar-refractivity contribution in [3.63, 3.8) is 0 Å². The molecular formula is C9H10INOS. The number of amides is 1. The third-order valence-electron chi connectivity index (χ3n) is 2.21. The number of nitrogens with zero attached hydrogens (tertiary/aromatic N) is 1. The average molecular weight is 307 g/mol. The molecule has 0 spiro atoms. The molecule has 2 heterocycles. The zero-order valence-corrected chi connectivity index (χ0v) is 10.1. The van der Waals surface area contributed by atoms with Crippen LogP contribution in [0.15, 0.2) is 11.4 Å². The number of thiophene rings is 1. The van der Waals surface area contributed by atoms with E-state index in [-0.39, 0.29) is 5.91 Å². The van der Waals surface area contributed by atoms with Crippen LogP contribution in [0.25, 0.3) is 0 Å². The highest BCUT2D eigenvalue weighted by molar-refractivity contribution is 14.1. The Morgan fingerprint density at radius 1 is 1.46 bits per heavy atom. The smallest absolute Gasteiger partial charge is 0.254 e. The Kier molecular flexibility index (Phi) is 2.88. The summed E-state index contributed by atoms with van der Waals surface area (Å²) in [5.41, 5.74) is 0.858. The Bertz CT molecular complexity index is 317. The maximum absolute atomic E-state index is 11.8. The zero-order valence-electron chi connectivity index (χ0n) is 7.12. The molecule has 2 rings (SSSR count). The van der Waals surface area contributed by atoms with Crippen molar-refractivity contribution in [1.29, 1.82) is 0 Å². The summed E-state index contributed by atoms with van der Waals surface area (Å²) >= 11 is 3.88. The minimum Gasteiger partial charge on any atom is -0.339 e. The molecule has 1 aliphatic heterocycles. The van der Waals surface area contributed by atoms with Gasteiger partial charge >= 0.3 is 0 Å². The lowest BCUT2D eigenvalue weighted by molar-refractivity contribution is 0.0793. The molecule has 13 heavy (non-hydrogen) atoms. The molecule has 0 unspecified atom stereocenters. The molecule has 1 aliphatic rings. The molecule has 0 aliphatic carbocycles. The normalized spacial score (nSPS) is 16.5. The molecule has 1 saturated heterocycles. The van der Waals surface area contributed by atoms with Crippen molar-refractivity contribution in [3.05, 3.63) is 19.9 Å². The second-order valence-electron chi connectivity index (χ2n) is 3.14. The molecular weight excluding hydrogens is 297 g/mol. The fourth-order valence-electron chi connectivity index (χ4n) is 1.53. The first-order valence-corrected chi connectivity index (χ1v) is 6.26. The van der Waals surface area contributed by atoms with Gasteiger partial charge in [-0.25, -0.2) is 0 Å². The van der Waals surface area contributed by atoms with E-state index in [2.05, 4.69) is 22.6 Å². The fraction of sp³-hybridized carbons (Fsp3) is 0.444. The van der Waals surface area contributed by atoms with Crippen LogP contribution in [-0.4, -0.2) is 23.9 Å². The number of carbonyl (C=O) groups excluding carboxylic acids is 1. The largest absolute Gasteiger partial charge is 0.339 e. The lowest BCUT2D eigenvalue weighted by Crippen LogP contribution is -2.27. The second-order valence-corrected chi connectivity index (χ2v) is 5.94. The molecule has 1 amide bonds. The molecule has 1 fully saturated rings. The fourth-order valence-corrected chi connectivity index (χ4v) is 2.85. The van der Waals surface area contributed by atoms with Gasteiger partial charge in [0.1, 0.15) is 0 Å². The Balaban J connectivity index is 2.12. The van der Waals surface area contributed by atoms with Gasteiger partial charge in [0, 0.05) is 18.5 Å². The summed E-state index contributed by atoms with van der Waals surface area (Å²) in [5, 5.41) is 1.95.